The number of amides is 2. The van der Waals surface area contributed by atoms with Crippen LogP contribution in [0.2, 0.25) is 0 Å². The van der Waals surface area contributed by atoms with Gasteiger partial charge >= 0.3 is 6.03 Å². The van der Waals surface area contributed by atoms with Crippen molar-refractivity contribution in [3.8, 4) is 5.75 Å². The first-order chi connectivity index (χ1) is 11.9. The van der Waals surface area contributed by atoms with Crippen LogP contribution in [0.15, 0.2) is 24.3 Å². The number of rotatable bonds is 4. The van der Waals surface area contributed by atoms with E-state index in [2.05, 4.69) is 10.2 Å². The molecule has 0 spiro atoms. The van der Waals surface area contributed by atoms with E-state index >= 15 is 0 Å². The summed E-state index contributed by atoms with van der Waals surface area (Å²) in [5.74, 6) is 1.01. The number of hydrogen-bond acceptors (Lipinski definition) is 5. The fourth-order valence-corrected chi connectivity index (χ4v) is 5.64. The largest absolute Gasteiger partial charge is 0.497 e. The lowest BCUT2D eigenvalue weighted by Gasteiger charge is -2.42. The van der Waals surface area contributed by atoms with Crippen molar-refractivity contribution in [2.45, 2.75) is 18.5 Å². The Bertz CT molecular complexity index is 720. The number of piperazine rings is 1. The van der Waals surface area contributed by atoms with Gasteiger partial charge in [0.25, 0.3) is 0 Å². The van der Waals surface area contributed by atoms with Crippen LogP contribution in [0.3, 0.4) is 0 Å². The molecule has 2 heterocycles. The van der Waals surface area contributed by atoms with Crippen LogP contribution in [0.1, 0.15) is 5.56 Å². The van der Waals surface area contributed by atoms with Gasteiger partial charge in [0.15, 0.2) is 9.84 Å². The zero-order valence-corrected chi connectivity index (χ0v) is 15.5. The lowest BCUT2D eigenvalue weighted by Crippen LogP contribution is -2.61. The lowest BCUT2D eigenvalue weighted by atomic mass is 10.1. The highest BCUT2D eigenvalue weighted by Gasteiger charge is 2.46. The van der Waals surface area contributed by atoms with Crippen molar-refractivity contribution in [3.05, 3.63) is 29.8 Å². The molecule has 1 N–H and O–H groups in total. The number of carbonyl (C=O) groups excluding carboxylic acids is 1. The number of methoxy groups -OCH3 is 1. The van der Waals surface area contributed by atoms with E-state index in [0.717, 1.165) is 17.7 Å². The van der Waals surface area contributed by atoms with Crippen LogP contribution in [0, 0.1) is 0 Å². The van der Waals surface area contributed by atoms with Gasteiger partial charge in [0.1, 0.15) is 5.75 Å². The standard InChI is InChI=1S/C17H25N3O4S/c1-19-9-10-20(16-12-25(22,23)11-15(16)19)17(21)18-8-7-13-3-5-14(24-2)6-4-13/h3-6,15-16H,7-12H2,1-2H3,(H,18,21)/t15-,16+/m1/s1. The summed E-state index contributed by atoms with van der Waals surface area (Å²) in [4.78, 5) is 16.3. The Balaban J connectivity index is 1.55. The minimum absolute atomic E-state index is 0.0634. The van der Waals surface area contributed by atoms with Gasteiger partial charge in [-0.1, -0.05) is 12.1 Å². The second kappa shape index (κ2) is 7.21. The summed E-state index contributed by atoms with van der Waals surface area (Å²) >= 11 is 0. The Kier molecular flexibility index (Phi) is 5.19. The molecule has 0 radical (unpaired) electrons. The first kappa shape index (κ1) is 18.0. The number of nitrogens with one attached hydrogen (secondary N) is 1. The van der Waals surface area contributed by atoms with E-state index in [0.29, 0.717) is 19.6 Å². The Morgan fingerprint density at radius 1 is 1.20 bits per heavy atom. The van der Waals surface area contributed by atoms with Gasteiger partial charge in [0, 0.05) is 25.7 Å². The smallest absolute Gasteiger partial charge is 0.317 e. The summed E-state index contributed by atoms with van der Waals surface area (Å²) in [5.41, 5.74) is 1.11. The molecule has 7 nitrogen and oxygen atoms in total. The molecule has 2 fully saturated rings. The van der Waals surface area contributed by atoms with Crippen LogP contribution < -0.4 is 10.1 Å². The Hall–Kier alpha value is -1.80. The van der Waals surface area contributed by atoms with Crippen molar-refractivity contribution < 1.29 is 17.9 Å². The maximum absolute atomic E-state index is 12.5. The molecule has 0 unspecified atom stereocenters. The number of hydrogen-bond donors (Lipinski definition) is 1. The molecule has 3 rings (SSSR count). The van der Waals surface area contributed by atoms with Crippen molar-refractivity contribution in [1.29, 1.82) is 0 Å². The quantitative estimate of drug-likeness (QED) is 0.831. The number of urea groups is 1. The van der Waals surface area contributed by atoms with Crippen LogP contribution in [-0.2, 0) is 16.3 Å². The third-order valence-corrected chi connectivity index (χ3v) is 6.76. The van der Waals surface area contributed by atoms with Crippen LogP contribution in [0.25, 0.3) is 0 Å². The molecule has 138 valence electrons. The highest BCUT2D eigenvalue weighted by molar-refractivity contribution is 7.91. The van der Waals surface area contributed by atoms with E-state index in [1.807, 2.05) is 31.3 Å². The van der Waals surface area contributed by atoms with Gasteiger partial charge in [0.2, 0.25) is 0 Å². The fourth-order valence-electron chi connectivity index (χ4n) is 3.59. The van der Waals surface area contributed by atoms with Crippen LogP contribution >= 0.6 is 0 Å². The number of carbonyl (C=O) groups is 1. The molecule has 0 aliphatic carbocycles. The number of nitrogens with zero attached hydrogens (tertiary/aromatic N) is 2. The average molecular weight is 367 g/mol. The minimum Gasteiger partial charge on any atom is -0.497 e. The van der Waals surface area contributed by atoms with E-state index < -0.39 is 9.84 Å². The van der Waals surface area contributed by atoms with Gasteiger partial charge in [-0.2, -0.15) is 0 Å². The number of sulfone groups is 1. The predicted molar refractivity (Wildman–Crippen MR) is 95.7 cm³/mol. The SMILES string of the molecule is COc1ccc(CCNC(=O)N2CCN(C)[C@@H]3CS(=O)(=O)C[C@@H]32)cc1. The Morgan fingerprint density at radius 2 is 1.88 bits per heavy atom. The van der Waals surface area contributed by atoms with E-state index in [4.69, 9.17) is 4.74 Å². The van der Waals surface area contributed by atoms with E-state index in [9.17, 15) is 13.2 Å². The highest BCUT2D eigenvalue weighted by atomic mass is 32.2. The topological polar surface area (TPSA) is 79.0 Å². The third kappa shape index (κ3) is 4.07. The molecule has 2 atom stereocenters. The molecule has 1 aromatic rings. The Labute approximate surface area is 148 Å². The summed E-state index contributed by atoms with van der Waals surface area (Å²) in [6.07, 6.45) is 0.718. The predicted octanol–water partition coefficient (Wildman–Crippen LogP) is 0.360. The molecular formula is C17H25N3O4S. The summed E-state index contributed by atoms with van der Waals surface area (Å²) in [6, 6.07) is 7.22. The fraction of sp³-hybridized carbons (Fsp3) is 0.588. The zero-order valence-electron chi connectivity index (χ0n) is 14.6. The first-order valence-corrected chi connectivity index (χ1v) is 10.3. The molecule has 0 saturated carbocycles. The van der Waals surface area contributed by atoms with Gasteiger partial charge in [-0.05, 0) is 31.2 Å². The molecule has 25 heavy (non-hydrogen) atoms. The van der Waals surface area contributed by atoms with E-state index in [-0.39, 0.29) is 29.6 Å². The zero-order chi connectivity index (χ0) is 18.0. The van der Waals surface area contributed by atoms with Crippen molar-refractivity contribution >= 4 is 15.9 Å². The number of benzene rings is 1. The maximum atomic E-state index is 12.5. The van der Waals surface area contributed by atoms with Gasteiger partial charge in [-0.15, -0.1) is 0 Å². The molecule has 2 aliphatic heterocycles. The second-order valence-corrected chi connectivity index (χ2v) is 8.87. The summed E-state index contributed by atoms with van der Waals surface area (Å²) < 4.78 is 29.1. The third-order valence-electron chi connectivity index (χ3n) is 5.06. The summed E-state index contributed by atoms with van der Waals surface area (Å²) in [5, 5.41) is 2.93. The minimum atomic E-state index is -3.07. The molecule has 2 saturated heterocycles. The Morgan fingerprint density at radius 3 is 2.56 bits per heavy atom. The van der Waals surface area contributed by atoms with Crippen LogP contribution in [-0.4, -0.2) is 81.6 Å². The summed E-state index contributed by atoms with van der Waals surface area (Å²) in [6.45, 7) is 1.77. The normalized spacial score (nSPS) is 25.4. The number of ether oxygens (including phenoxy) is 1. The average Bonchev–Trinajstić information content (AvgIpc) is 2.91. The monoisotopic (exact) mass is 367 g/mol. The van der Waals surface area contributed by atoms with Gasteiger partial charge < -0.3 is 15.0 Å². The number of fused-ring (bicyclic) bond motifs is 1. The van der Waals surface area contributed by atoms with Gasteiger partial charge in [0.05, 0.1) is 24.7 Å². The molecule has 2 aliphatic rings. The van der Waals surface area contributed by atoms with E-state index in [1.54, 1.807) is 12.0 Å². The molecular weight excluding hydrogens is 342 g/mol. The van der Waals surface area contributed by atoms with Crippen molar-refractivity contribution in [2.24, 2.45) is 0 Å². The summed E-state index contributed by atoms with van der Waals surface area (Å²) in [7, 11) is 0.481. The molecule has 0 bridgehead atoms. The van der Waals surface area contributed by atoms with Gasteiger partial charge in [-0.3, -0.25) is 4.90 Å². The van der Waals surface area contributed by atoms with Crippen molar-refractivity contribution in [1.82, 2.24) is 15.1 Å². The molecule has 0 aromatic heterocycles. The molecule has 2 amide bonds. The van der Waals surface area contributed by atoms with E-state index in [1.165, 1.54) is 0 Å². The van der Waals surface area contributed by atoms with Crippen LogP contribution in [0.4, 0.5) is 4.79 Å². The molecule has 1 aromatic carbocycles. The highest BCUT2D eigenvalue weighted by Crippen LogP contribution is 2.25. The second-order valence-electron chi connectivity index (χ2n) is 6.72. The number of likely N-dealkylation sites (N-methyl/N-ethyl adjacent to an activating group) is 1. The van der Waals surface area contributed by atoms with Crippen molar-refractivity contribution in [2.75, 3.05) is 45.3 Å². The maximum Gasteiger partial charge on any atom is 0.317 e. The van der Waals surface area contributed by atoms with Crippen LogP contribution in [0.5, 0.6) is 5.75 Å². The first-order valence-electron chi connectivity index (χ1n) is 8.48. The van der Waals surface area contributed by atoms with Gasteiger partial charge in [-0.25, -0.2) is 13.2 Å². The lowest BCUT2D eigenvalue weighted by molar-refractivity contribution is 0.0835. The molecule has 8 heteroatoms. The van der Waals surface area contributed by atoms with Crippen molar-refractivity contribution in [3.63, 3.8) is 0 Å².